The zero-order chi connectivity index (χ0) is 12.3. The van der Waals surface area contributed by atoms with Crippen molar-refractivity contribution in [1.82, 2.24) is 9.97 Å². The van der Waals surface area contributed by atoms with Crippen molar-refractivity contribution in [3.63, 3.8) is 0 Å². The number of aromatic nitrogens is 2. The number of fused-ring (bicyclic) bond motifs is 1. The number of nitrogen functional groups attached to an aromatic ring is 1. The van der Waals surface area contributed by atoms with Crippen LogP contribution in [-0.2, 0) is 0 Å². The summed E-state index contributed by atoms with van der Waals surface area (Å²) >= 11 is 0. The minimum absolute atomic E-state index is 0.297. The van der Waals surface area contributed by atoms with E-state index >= 15 is 0 Å². The number of hydrogen-bond acceptors (Lipinski definition) is 5. The van der Waals surface area contributed by atoms with Gasteiger partial charge in [-0.05, 0) is 26.0 Å². The van der Waals surface area contributed by atoms with Crippen molar-refractivity contribution in [2.45, 2.75) is 13.8 Å². The first-order valence-corrected chi connectivity index (χ1v) is 5.58. The second-order valence-electron chi connectivity index (χ2n) is 3.41. The zero-order valence-corrected chi connectivity index (χ0v) is 9.93. The van der Waals surface area contributed by atoms with Crippen LogP contribution >= 0.6 is 0 Å². The van der Waals surface area contributed by atoms with Gasteiger partial charge in [-0.1, -0.05) is 6.07 Å². The van der Waals surface area contributed by atoms with Gasteiger partial charge in [0, 0.05) is 0 Å². The van der Waals surface area contributed by atoms with Gasteiger partial charge in [0.1, 0.15) is 11.6 Å². The van der Waals surface area contributed by atoms with Crippen molar-refractivity contribution in [2.24, 2.45) is 0 Å². The van der Waals surface area contributed by atoms with Crippen LogP contribution in [0.25, 0.3) is 10.9 Å². The normalized spacial score (nSPS) is 10.5. The Morgan fingerprint density at radius 1 is 1.12 bits per heavy atom. The molecule has 2 rings (SSSR count). The highest BCUT2D eigenvalue weighted by Gasteiger charge is 2.10. The van der Waals surface area contributed by atoms with E-state index in [0.717, 1.165) is 10.9 Å². The molecule has 0 radical (unpaired) electrons. The molecular weight excluding hydrogens is 218 g/mol. The molecule has 2 aromatic rings. The van der Waals surface area contributed by atoms with E-state index in [1.165, 1.54) is 0 Å². The molecule has 2 N–H and O–H groups in total. The number of hydrogen-bond donors (Lipinski definition) is 1. The predicted octanol–water partition coefficient (Wildman–Crippen LogP) is 2.01. The molecule has 0 aliphatic carbocycles. The predicted molar refractivity (Wildman–Crippen MR) is 66.3 cm³/mol. The highest BCUT2D eigenvalue weighted by molar-refractivity contribution is 5.93. The second-order valence-corrected chi connectivity index (χ2v) is 3.41. The van der Waals surface area contributed by atoms with Gasteiger partial charge in [0.05, 0.1) is 24.1 Å². The van der Waals surface area contributed by atoms with Gasteiger partial charge in [-0.3, -0.25) is 0 Å². The Morgan fingerprint density at radius 2 is 1.88 bits per heavy atom. The van der Waals surface area contributed by atoms with E-state index < -0.39 is 0 Å². The first kappa shape index (κ1) is 11.4. The van der Waals surface area contributed by atoms with Crippen LogP contribution in [0.4, 0.5) is 5.82 Å². The van der Waals surface area contributed by atoms with Crippen LogP contribution in [0.5, 0.6) is 11.8 Å². The Morgan fingerprint density at radius 3 is 2.59 bits per heavy atom. The van der Waals surface area contributed by atoms with E-state index in [1.54, 1.807) is 0 Å². The summed E-state index contributed by atoms with van der Waals surface area (Å²) in [6, 6.07) is 5.88. The standard InChI is InChI=1S/C12H15N3O2/c1-3-16-9-7-5-6-8-10(9)11(13)15-12(14-8)17-4-2/h5-7H,3-4H2,1-2H3,(H2,13,14,15). The maximum atomic E-state index is 5.91. The summed E-state index contributed by atoms with van der Waals surface area (Å²) in [5, 5.41) is 0.734. The number of ether oxygens (including phenoxy) is 2. The summed E-state index contributed by atoms with van der Waals surface area (Å²) in [7, 11) is 0. The van der Waals surface area contributed by atoms with E-state index in [0.29, 0.717) is 30.8 Å². The van der Waals surface area contributed by atoms with Crippen molar-refractivity contribution < 1.29 is 9.47 Å². The average Bonchev–Trinajstić information content (AvgIpc) is 2.29. The lowest BCUT2D eigenvalue weighted by Gasteiger charge is -2.09. The van der Waals surface area contributed by atoms with E-state index in [9.17, 15) is 0 Å². The smallest absolute Gasteiger partial charge is 0.318 e. The van der Waals surface area contributed by atoms with Crippen LogP contribution in [0.15, 0.2) is 18.2 Å². The Kier molecular flexibility index (Phi) is 3.27. The Bertz CT molecular complexity index is 528. The number of rotatable bonds is 4. The first-order chi connectivity index (χ1) is 8.26. The highest BCUT2D eigenvalue weighted by atomic mass is 16.5. The lowest BCUT2D eigenvalue weighted by Crippen LogP contribution is -2.03. The number of benzene rings is 1. The van der Waals surface area contributed by atoms with Crippen LogP contribution in [0.3, 0.4) is 0 Å². The molecule has 0 aliphatic rings. The molecule has 1 aromatic heterocycles. The Labute approximate surface area is 99.6 Å². The van der Waals surface area contributed by atoms with E-state index in [-0.39, 0.29) is 0 Å². The highest BCUT2D eigenvalue weighted by Crippen LogP contribution is 2.29. The van der Waals surface area contributed by atoms with Gasteiger partial charge in [-0.25, -0.2) is 0 Å². The van der Waals surface area contributed by atoms with Gasteiger partial charge >= 0.3 is 6.01 Å². The van der Waals surface area contributed by atoms with E-state index in [1.807, 2.05) is 32.0 Å². The zero-order valence-electron chi connectivity index (χ0n) is 9.93. The molecule has 0 bridgehead atoms. The molecule has 0 amide bonds. The largest absolute Gasteiger partial charge is 0.493 e. The Hall–Kier alpha value is -2.04. The quantitative estimate of drug-likeness (QED) is 0.874. The summed E-state index contributed by atoms with van der Waals surface area (Å²) < 4.78 is 10.8. The van der Waals surface area contributed by atoms with Gasteiger partial charge in [0.25, 0.3) is 0 Å². The van der Waals surface area contributed by atoms with Crippen LogP contribution in [0.1, 0.15) is 13.8 Å². The van der Waals surface area contributed by atoms with Crippen molar-refractivity contribution in [3.05, 3.63) is 18.2 Å². The fraction of sp³-hybridized carbons (Fsp3) is 0.333. The second kappa shape index (κ2) is 4.86. The lowest BCUT2D eigenvalue weighted by atomic mass is 10.2. The fourth-order valence-electron chi connectivity index (χ4n) is 1.63. The van der Waals surface area contributed by atoms with Gasteiger partial charge in [0.2, 0.25) is 0 Å². The minimum atomic E-state index is 0.297. The van der Waals surface area contributed by atoms with Crippen LogP contribution in [-0.4, -0.2) is 23.2 Å². The maximum Gasteiger partial charge on any atom is 0.318 e. The maximum absolute atomic E-state index is 5.91. The molecule has 90 valence electrons. The molecule has 0 atom stereocenters. The van der Waals surface area contributed by atoms with Gasteiger partial charge in [0.15, 0.2) is 0 Å². The monoisotopic (exact) mass is 233 g/mol. The van der Waals surface area contributed by atoms with Gasteiger partial charge in [-0.2, -0.15) is 9.97 Å². The summed E-state index contributed by atoms with van der Waals surface area (Å²) in [4.78, 5) is 8.37. The molecule has 1 aromatic carbocycles. The summed E-state index contributed by atoms with van der Waals surface area (Å²) in [6.45, 7) is 4.88. The van der Waals surface area contributed by atoms with Crippen LogP contribution < -0.4 is 15.2 Å². The van der Waals surface area contributed by atoms with Crippen LogP contribution in [0.2, 0.25) is 0 Å². The molecule has 0 spiro atoms. The van der Waals surface area contributed by atoms with Gasteiger partial charge < -0.3 is 15.2 Å². The third kappa shape index (κ3) is 2.22. The number of nitrogens with zero attached hydrogens (tertiary/aromatic N) is 2. The molecule has 5 nitrogen and oxygen atoms in total. The topological polar surface area (TPSA) is 70.3 Å². The molecule has 0 saturated heterocycles. The lowest BCUT2D eigenvalue weighted by molar-refractivity contribution is 0.314. The number of nitrogens with two attached hydrogens (primary N) is 1. The summed E-state index contributed by atoms with van der Waals surface area (Å²) in [5.74, 6) is 1.08. The Balaban J connectivity index is 2.58. The molecule has 0 fully saturated rings. The van der Waals surface area contributed by atoms with E-state index in [2.05, 4.69) is 9.97 Å². The van der Waals surface area contributed by atoms with Crippen molar-refractivity contribution >= 4 is 16.7 Å². The molecule has 1 heterocycles. The fourth-order valence-corrected chi connectivity index (χ4v) is 1.63. The van der Waals surface area contributed by atoms with Crippen molar-refractivity contribution in [3.8, 4) is 11.8 Å². The summed E-state index contributed by atoms with van der Waals surface area (Å²) in [5.41, 5.74) is 6.64. The third-order valence-corrected chi connectivity index (χ3v) is 2.27. The first-order valence-electron chi connectivity index (χ1n) is 5.58. The number of anilines is 1. The summed E-state index contributed by atoms with van der Waals surface area (Å²) in [6.07, 6.45) is 0. The van der Waals surface area contributed by atoms with Crippen molar-refractivity contribution in [2.75, 3.05) is 18.9 Å². The van der Waals surface area contributed by atoms with E-state index in [4.69, 9.17) is 15.2 Å². The average molecular weight is 233 g/mol. The molecular formula is C12H15N3O2. The molecule has 5 heteroatoms. The SMILES string of the molecule is CCOc1nc(N)c2c(OCC)cccc2n1. The molecule has 0 saturated carbocycles. The van der Waals surface area contributed by atoms with Crippen molar-refractivity contribution in [1.29, 1.82) is 0 Å². The van der Waals surface area contributed by atoms with Crippen LogP contribution in [0, 0.1) is 0 Å². The molecule has 0 aliphatic heterocycles. The molecule has 17 heavy (non-hydrogen) atoms. The molecule has 0 unspecified atom stereocenters. The van der Waals surface area contributed by atoms with Gasteiger partial charge in [-0.15, -0.1) is 0 Å². The minimum Gasteiger partial charge on any atom is -0.493 e. The third-order valence-electron chi connectivity index (χ3n) is 2.27.